The Balaban J connectivity index is 2.45. The van der Waals surface area contributed by atoms with Crippen molar-refractivity contribution in [2.45, 2.75) is 20.4 Å². The van der Waals surface area contributed by atoms with Gasteiger partial charge in [-0.15, -0.1) is 0 Å². The van der Waals surface area contributed by atoms with Crippen molar-refractivity contribution in [2.75, 3.05) is 6.61 Å². The molecule has 0 aliphatic heterocycles. The summed E-state index contributed by atoms with van der Waals surface area (Å²) in [6, 6.07) is 7.53. The lowest BCUT2D eigenvalue weighted by Gasteiger charge is -2.04. The van der Waals surface area contributed by atoms with Crippen LogP contribution in [0.3, 0.4) is 0 Å². The molecule has 0 aliphatic rings. The molecule has 0 spiro atoms. The first-order valence-corrected chi connectivity index (χ1v) is 5.88. The summed E-state index contributed by atoms with van der Waals surface area (Å²) in [6.07, 6.45) is 1.71. The van der Waals surface area contributed by atoms with Gasteiger partial charge >= 0.3 is 5.97 Å². The second-order valence-corrected chi connectivity index (χ2v) is 4.05. The highest BCUT2D eigenvalue weighted by Crippen LogP contribution is 2.21. The lowest BCUT2D eigenvalue weighted by atomic mass is 10.1. The fraction of sp³-hybridized carbons (Fsp3) is 0.286. The van der Waals surface area contributed by atoms with Gasteiger partial charge in [0.1, 0.15) is 6.54 Å². The molecule has 94 valence electrons. The predicted molar refractivity (Wildman–Crippen MR) is 68.6 cm³/mol. The summed E-state index contributed by atoms with van der Waals surface area (Å²) in [6.45, 7) is 3.78. The largest absolute Gasteiger partial charge is 0.465 e. The summed E-state index contributed by atoms with van der Waals surface area (Å²) >= 11 is 0. The number of aromatic nitrogens is 1. The number of ether oxygens (including phenoxy) is 1. The van der Waals surface area contributed by atoms with Gasteiger partial charge in [-0.3, -0.25) is 9.59 Å². The molecule has 4 nitrogen and oxygen atoms in total. The summed E-state index contributed by atoms with van der Waals surface area (Å²) in [5.74, 6) is -0.304. The number of carbonyl (C=O) groups excluding carboxylic acids is 2. The average Bonchev–Trinajstić information content (AvgIpc) is 2.69. The van der Waals surface area contributed by atoms with Crippen LogP contribution in [-0.2, 0) is 16.1 Å². The van der Waals surface area contributed by atoms with Crippen LogP contribution in [0.25, 0.3) is 10.9 Å². The maximum absolute atomic E-state index is 11.6. The number of hydrogen-bond donors (Lipinski definition) is 0. The van der Waals surface area contributed by atoms with E-state index in [1.165, 1.54) is 6.92 Å². The molecule has 0 N–H and O–H groups in total. The smallest absolute Gasteiger partial charge is 0.325 e. The predicted octanol–water partition coefficient (Wildman–Crippen LogP) is 2.41. The van der Waals surface area contributed by atoms with Crippen molar-refractivity contribution in [3.05, 3.63) is 36.0 Å². The average molecular weight is 245 g/mol. The van der Waals surface area contributed by atoms with Crippen LogP contribution < -0.4 is 0 Å². The lowest BCUT2D eigenvalue weighted by Crippen LogP contribution is -2.12. The normalized spacial score (nSPS) is 10.6. The number of rotatable bonds is 4. The Bertz CT molecular complexity index is 598. The van der Waals surface area contributed by atoms with E-state index >= 15 is 0 Å². The van der Waals surface area contributed by atoms with Crippen LogP contribution in [0.1, 0.15) is 24.2 Å². The van der Waals surface area contributed by atoms with Crippen LogP contribution in [0, 0.1) is 0 Å². The van der Waals surface area contributed by atoms with Crippen LogP contribution >= 0.6 is 0 Å². The van der Waals surface area contributed by atoms with Gasteiger partial charge in [-0.25, -0.2) is 0 Å². The maximum Gasteiger partial charge on any atom is 0.325 e. The SMILES string of the molecule is CCOC(=O)Cn1cc(C(C)=O)c2ccccc21. The Morgan fingerprint density at radius 2 is 2.00 bits per heavy atom. The molecule has 0 bridgehead atoms. The quantitative estimate of drug-likeness (QED) is 0.614. The van der Waals surface area contributed by atoms with Gasteiger partial charge in [-0.05, 0) is 19.9 Å². The second kappa shape index (κ2) is 5.04. The molecule has 0 saturated heterocycles. The standard InChI is InChI=1S/C14H15NO3/c1-3-18-14(17)9-15-8-12(10(2)16)11-6-4-5-7-13(11)15/h4-8H,3,9H2,1-2H3. The van der Waals surface area contributed by atoms with E-state index in [1.807, 2.05) is 24.3 Å². The maximum atomic E-state index is 11.6. The lowest BCUT2D eigenvalue weighted by molar-refractivity contribution is -0.143. The first-order valence-electron chi connectivity index (χ1n) is 5.88. The van der Waals surface area contributed by atoms with Crippen LogP contribution in [0.15, 0.2) is 30.5 Å². The van der Waals surface area contributed by atoms with Crippen molar-refractivity contribution in [3.8, 4) is 0 Å². The van der Waals surface area contributed by atoms with Gasteiger partial charge in [0.2, 0.25) is 0 Å². The van der Waals surface area contributed by atoms with Crippen molar-refractivity contribution < 1.29 is 14.3 Å². The molecule has 2 rings (SSSR count). The molecular weight excluding hydrogens is 230 g/mol. The van der Waals surface area contributed by atoms with Crippen molar-refractivity contribution in [1.29, 1.82) is 0 Å². The van der Waals surface area contributed by atoms with Gasteiger partial charge in [-0.2, -0.15) is 0 Å². The molecule has 0 saturated carbocycles. The van der Waals surface area contributed by atoms with Gasteiger partial charge in [0.25, 0.3) is 0 Å². The Labute approximate surface area is 105 Å². The minimum absolute atomic E-state index is 0.00573. The van der Waals surface area contributed by atoms with E-state index < -0.39 is 0 Å². The highest BCUT2D eigenvalue weighted by Gasteiger charge is 2.13. The molecule has 1 aromatic carbocycles. The zero-order valence-corrected chi connectivity index (χ0v) is 10.5. The molecule has 2 aromatic rings. The summed E-state index contributed by atoms with van der Waals surface area (Å²) in [5, 5.41) is 0.870. The summed E-state index contributed by atoms with van der Waals surface area (Å²) in [4.78, 5) is 23.1. The third kappa shape index (κ3) is 2.27. The fourth-order valence-corrected chi connectivity index (χ4v) is 2.00. The minimum atomic E-state index is -0.298. The molecule has 1 heterocycles. The van der Waals surface area contributed by atoms with Crippen molar-refractivity contribution in [1.82, 2.24) is 4.57 Å². The third-order valence-corrected chi connectivity index (χ3v) is 2.77. The summed E-state index contributed by atoms with van der Waals surface area (Å²) < 4.78 is 6.67. The number of carbonyl (C=O) groups is 2. The molecular formula is C14H15NO3. The number of ketones is 1. The van der Waals surface area contributed by atoms with E-state index in [9.17, 15) is 9.59 Å². The number of hydrogen-bond acceptors (Lipinski definition) is 3. The molecule has 0 fully saturated rings. The molecule has 0 aliphatic carbocycles. The Morgan fingerprint density at radius 1 is 1.28 bits per heavy atom. The molecule has 0 unspecified atom stereocenters. The summed E-state index contributed by atoms with van der Waals surface area (Å²) in [7, 11) is 0. The second-order valence-electron chi connectivity index (χ2n) is 4.05. The monoisotopic (exact) mass is 245 g/mol. The number of Topliss-reactive ketones (excluding diaryl/α,β-unsaturated/α-hetero) is 1. The van der Waals surface area contributed by atoms with Gasteiger partial charge in [0.15, 0.2) is 5.78 Å². The van der Waals surface area contributed by atoms with Gasteiger partial charge in [-0.1, -0.05) is 18.2 Å². The Hall–Kier alpha value is -2.10. The van der Waals surface area contributed by atoms with Crippen molar-refractivity contribution >= 4 is 22.7 Å². The Morgan fingerprint density at radius 3 is 2.67 bits per heavy atom. The molecule has 4 heteroatoms. The van der Waals surface area contributed by atoms with E-state index in [0.29, 0.717) is 12.2 Å². The number of nitrogens with zero attached hydrogens (tertiary/aromatic N) is 1. The number of esters is 1. The number of benzene rings is 1. The highest BCUT2D eigenvalue weighted by molar-refractivity contribution is 6.07. The fourth-order valence-electron chi connectivity index (χ4n) is 2.00. The molecule has 0 radical (unpaired) electrons. The van der Waals surface area contributed by atoms with E-state index in [2.05, 4.69) is 0 Å². The Kier molecular flexibility index (Phi) is 3.46. The highest BCUT2D eigenvalue weighted by atomic mass is 16.5. The van der Waals surface area contributed by atoms with Crippen molar-refractivity contribution in [2.24, 2.45) is 0 Å². The van der Waals surface area contributed by atoms with Gasteiger partial charge < -0.3 is 9.30 Å². The van der Waals surface area contributed by atoms with Crippen LogP contribution in [-0.4, -0.2) is 22.9 Å². The van der Waals surface area contributed by atoms with Gasteiger partial charge in [0.05, 0.1) is 6.61 Å². The van der Waals surface area contributed by atoms with E-state index in [1.54, 1.807) is 17.7 Å². The van der Waals surface area contributed by atoms with Crippen LogP contribution in [0.4, 0.5) is 0 Å². The third-order valence-electron chi connectivity index (χ3n) is 2.77. The number of fused-ring (bicyclic) bond motifs is 1. The van der Waals surface area contributed by atoms with E-state index in [4.69, 9.17) is 4.74 Å². The molecule has 18 heavy (non-hydrogen) atoms. The number of para-hydroxylation sites is 1. The first-order chi connectivity index (χ1) is 8.63. The molecule has 1 aromatic heterocycles. The van der Waals surface area contributed by atoms with Gasteiger partial charge in [0, 0.05) is 22.7 Å². The zero-order chi connectivity index (χ0) is 13.1. The minimum Gasteiger partial charge on any atom is -0.465 e. The molecule has 0 atom stereocenters. The zero-order valence-electron chi connectivity index (χ0n) is 10.5. The first kappa shape index (κ1) is 12.4. The summed E-state index contributed by atoms with van der Waals surface area (Å²) in [5.41, 5.74) is 1.51. The van der Waals surface area contributed by atoms with Crippen LogP contribution in [0.5, 0.6) is 0 Å². The van der Waals surface area contributed by atoms with E-state index in [0.717, 1.165) is 10.9 Å². The topological polar surface area (TPSA) is 48.3 Å². The van der Waals surface area contributed by atoms with Crippen LogP contribution in [0.2, 0.25) is 0 Å². The van der Waals surface area contributed by atoms with E-state index in [-0.39, 0.29) is 18.3 Å². The van der Waals surface area contributed by atoms with Crippen molar-refractivity contribution in [3.63, 3.8) is 0 Å². The molecule has 0 amide bonds.